The number of hydrogen-bond donors (Lipinski definition) is 2. The van der Waals surface area contributed by atoms with Gasteiger partial charge in [-0.3, -0.25) is 14.5 Å². The Morgan fingerprint density at radius 2 is 1.97 bits per heavy atom. The number of hydrogen-bond acceptors (Lipinski definition) is 5. The minimum Gasteiger partial charge on any atom is -0.378 e. The van der Waals surface area contributed by atoms with E-state index < -0.39 is 0 Å². The van der Waals surface area contributed by atoms with E-state index in [1.807, 2.05) is 49.4 Å². The molecule has 0 unspecified atom stereocenters. The lowest BCUT2D eigenvalue weighted by Gasteiger charge is -2.31. The van der Waals surface area contributed by atoms with Gasteiger partial charge in [0.15, 0.2) is 10.6 Å². The summed E-state index contributed by atoms with van der Waals surface area (Å²) in [7, 11) is 0. The van der Waals surface area contributed by atoms with Gasteiger partial charge in [-0.1, -0.05) is 47.5 Å². The van der Waals surface area contributed by atoms with Crippen LogP contribution in [-0.4, -0.2) is 47.0 Å². The lowest BCUT2D eigenvalue weighted by Crippen LogP contribution is -2.37. The zero-order valence-electron chi connectivity index (χ0n) is 16.5. The third kappa shape index (κ3) is 4.40. The number of ether oxygens (including phenoxy) is 1. The third-order valence-electron chi connectivity index (χ3n) is 4.96. The van der Waals surface area contributed by atoms with E-state index in [1.54, 1.807) is 4.57 Å². The zero-order valence-corrected chi connectivity index (χ0v) is 18.1. The number of halogens is 1. The van der Waals surface area contributed by atoms with Crippen LogP contribution in [0.1, 0.15) is 5.56 Å². The molecular formula is C21H22ClN5O2S. The summed E-state index contributed by atoms with van der Waals surface area (Å²) in [6.07, 6.45) is 0. The van der Waals surface area contributed by atoms with Crippen LogP contribution >= 0.6 is 23.8 Å². The summed E-state index contributed by atoms with van der Waals surface area (Å²) >= 11 is 11.8. The van der Waals surface area contributed by atoms with E-state index in [2.05, 4.69) is 20.4 Å². The molecule has 1 amide bonds. The van der Waals surface area contributed by atoms with Gasteiger partial charge in [0.2, 0.25) is 5.91 Å². The van der Waals surface area contributed by atoms with Crippen LogP contribution in [0.25, 0.3) is 11.4 Å². The maximum Gasteiger partial charge on any atom is 0.244 e. The highest BCUT2D eigenvalue weighted by molar-refractivity contribution is 7.71. The molecule has 2 N–H and O–H groups in total. The van der Waals surface area contributed by atoms with Gasteiger partial charge < -0.3 is 15.0 Å². The summed E-state index contributed by atoms with van der Waals surface area (Å²) in [4.78, 5) is 15.0. The SMILES string of the molecule is Cc1ccc(-c2n[nH]c(=S)n2CC(=O)Nc2cccc(Cl)c2N2CCOCC2)cc1. The van der Waals surface area contributed by atoms with Crippen LogP contribution in [0.4, 0.5) is 11.4 Å². The van der Waals surface area contributed by atoms with Gasteiger partial charge in [-0.2, -0.15) is 5.10 Å². The fourth-order valence-corrected chi connectivity index (χ4v) is 3.94. The topological polar surface area (TPSA) is 75.2 Å². The quantitative estimate of drug-likeness (QED) is 0.582. The van der Waals surface area contributed by atoms with E-state index in [0.29, 0.717) is 34.5 Å². The number of carbonyl (C=O) groups is 1. The molecule has 1 aliphatic rings. The second-order valence-corrected chi connectivity index (χ2v) is 7.88. The molecule has 3 aromatic rings. The lowest BCUT2D eigenvalue weighted by atomic mass is 10.1. The summed E-state index contributed by atoms with van der Waals surface area (Å²) in [5, 5.41) is 10.7. The van der Waals surface area contributed by atoms with E-state index in [0.717, 1.165) is 29.9 Å². The smallest absolute Gasteiger partial charge is 0.244 e. The van der Waals surface area contributed by atoms with Crippen LogP contribution in [0.5, 0.6) is 0 Å². The number of rotatable bonds is 5. The molecule has 0 aliphatic carbocycles. The first-order valence-corrected chi connectivity index (χ1v) is 10.4. The molecule has 7 nitrogen and oxygen atoms in total. The van der Waals surface area contributed by atoms with Crippen molar-refractivity contribution < 1.29 is 9.53 Å². The van der Waals surface area contributed by atoms with Crippen molar-refractivity contribution in [1.29, 1.82) is 0 Å². The van der Waals surface area contributed by atoms with Crippen LogP contribution < -0.4 is 10.2 Å². The molecule has 0 atom stereocenters. The largest absolute Gasteiger partial charge is 0.378 e. The van der Waals surface area contributed by atoms with E-state index in [-0.39, 0.29) is 12.5 Å². The fourth-order valence-electron chi connectivity index (χ4n) is 3.45. The Morgan fingerprint density at radius 1 is 1.23 bits per heavy atom. The predicted molar refractivity (Wildman–Crippen MR) is 121 cm³/mol. The standard InChI is InChI=1S/C21H22ClN5O2S/c1-14-5-7-15(8-6-14)20-24-25-21(30)27(20)13-18(28)23-17-4-2-3-16(22)19(17)26-9-11-29-12-10-26/h2-8H,9-13H2,1H3,(H,23,28)(H,25,30). The van der Waals surface area contributed by atoms with Crippen LogP contribution in [0.15, 0.2) is 42.5 Å². The number of para-hydroxylation sites is 1. The van der Waals surface area contributed by atoms with E-state index in [9.17, 15) is 4.79 Å². The van der Waals surface area contributed by atoms with Crippen LogP contribution in [0.3, 0.4) is 0 Å². The third-order valence-corrected chi connectivity index (χ3v) is 5.57. The Labute approximate surface area is 184 Å². The zero-order chi connectivity index (χ0) is 21.1. The summed E-state index contributed by atoms with van der Waals surface area (Å²) in [5.74, 6) is 0.410. The van der Waals surface area contributed by atoms with Crippen molar-refractivity contribution in [1.82, 2.24) is 14.8 Å². The molecule has 1 saturated heterocycles. The highest BCUT2D eigenvalue weighted by Gasteiger charge is 2.20. The number of carbonyl (C=O) groups excluding carboxylic acids is 1. The molecule has 156 valence electrons. The van der Waals surface area contributed by atoms with Gasteiger partial charge in [-0.15, -0.1) is 0 Å². The number of H-pyrrole nitrogens is 1. The summed E-state index contributed by atoms with van der Waals surface area (Å²) in [6, 6.07) is 13.4. The van der Waals surface area contributed by atoms with E-state index >= 15 is 0 Å². The predicted octanol–water partition coefficient (Wildman–Crippen LogP) is 4.04. The Hall–Kier alpha value is -2.68. The van der Waals surface area contributed by atoms with Gasteiger partial charge in [-0.05, 0) is 31.3 Å². The number of nitrogens with one attached hydrogen (secondary N) is 2. The first kappa shape index (κ1) is 20.6. The van der Waals surface area contributed by atoms with E-state index in [1.165, 1.54) is 0 Å². The Kier molecular flexibility index (Phi) is 6.17. The van der Waals surface area contributed by atoms with Gasteiger partial charge in [0.25, 0.3) is 0 Å². The minimum atomic E-state index is -0.211. The number of anilines is 2. The minimum absolute atomic E-state index is 0.0353. The molecule has 0 bridgehead atoms. The molecule has 0 radical (unpaired) electrons. The van der Waals surface area contributed by atoms with Gasteiger partial charge >= 0.3 is 0 Å². The Balaban J connectivity index is 1.57. The number of nitrogens with zero attached hydrogens (tertiary/aromatic N) is 3. The number of aromatic nitrogens is 3. The van der Waals surface area contributed by atoms with Gasteiger partial charge in [0.05, 0.1) is 29.6 Å². The second-order valence-electron chi connectivity index (χ2n) is 7.09. The van der Waals surface area contributed by atoms with E-state index in [4.69, 9.17) is 28.6 Å². The number of aryl methyl sites for hydroxylation is 1. The Bertz CT molecular complexity index is 1100. The molecule has 1 fully saturated rings. The lowest BCUT2D eigenvalue weighted by molar-refractivity contribution is -0.116. The van der Waals surface area contributed by atoms with Gasteiger partial charge in [0, 0.05) is 18.7 Å². The highest BCUT2D eigenvalue weighted by atomic mass is 35.5. The molecule has 9 heteroatoms. The van der Waals surface area contributed by atoms with Crippen LogP contribution in [-0.2, 0) is 16.1 Å². The van der Waals surface area contributed by atoms with Crippen molar-refractivity contribution in [3.05, 3.63) is 57.8 Å². The molecule has 0 spiro atoms. The molecular weight excluding hydrogens is 422 g/mol. The van der Waals surface area contributed by atoms with Gasteiger partial charge in [0.1, 0.15) is 6.54 Å². The highest BCUT2D eigenvalue weighted by Crippen LogP contribution is 2.34. The summed E-state index contributed by atoms with van der Waals surface area (Å²) in [5.41, 5.74) is 3.51. The van der Waals surface area contributed by atoms with Crippen LogP contribution in [0.2, 0.25) is 5.02 Å². The van der Waals surface area contributed by atoms with Crippen molar-refractivity contribution >= 4 is 41.1 Å². The molecule has 30 heavy (non-hydrogen) atoms. The van der Waals surface area contributed by atoms with Crippen molar-refractivity contribution in [3.8, 4) is 11.4 Å². The fraction of sp³-hybridized carbons (Fsp3) is 0.286. The van der Waals surface area contributed by atoms with Crippen molar-refractivity contribution in [3.63, 3.8) is 0 Å². The number of morpholine rings is 1. The number of benzene rings is 2. The molecule has 1 aromatic heterocycles. The molecule has 2 heterocycles. The maximum absolute atomic E-state index is 12.9. The summed E-state index contributed by atoms with van der Waals surface area (Å²) in [6.45, 7) is 4.75. The molecule has 0 saturated carbocycles. The normalized spacial score (nSPS) is 14.0. The second kappa shape index (κ2) is 8.99. The average Bonchev–Trinajstić information content (AvgIpc) is 3.09. The molecule has 4 rings (SSSR count). The first-order chi connectivity index (χ1) is 14.5. The van der Waals surface area contributed by atoms with Crippen molar-refractivity contribution in [2.24, 2.45) is 0 Å². The van der Waals surface area contributed by atoms with Crippen molar-refractivity contribution in [2.75, 3.05) is 36.5 Å². The average molecular weight is 444 g/mol. The summed E-state index contributed by atoms with van der Waals surface area (Å²) < 4.78 is 7.51. The number of amides is 1. The molecule has 2 aromatic carbocycles. The van der Waals surface area contributed by atoms with Gasteiger partial charge in [-0.25, -0.2) is 0 Å². The Morgan fingerprint density at radius 3 is 2.70 bits per heavy atom. The maximum atomic E-state index is 12.9. The number of aromatic amines is 1. The molecule has 1 aliphatic heterocycles. The first-order valence-electron chi connectivity index (χ1n) is 9.66. The van der Waals surface area contributed by atoms with Crippen molar-refractivity contribution in [2.45, 2.75) is 13.5 Å². The van der Waals surface area contributed by atoms with Crippen LogP contribution in [0, 0.1) is 11.7 Å². The monoisotopic (exact) mass is 443 g/mol.